The molecule has 3 N–H and O–H groups in total. The van der Waals surface area contributed by atoms with Crippen molar-refractivity contribution in [1.82, 2.24) is 0 Å². The van der Waals surface area contributed by atoms with E-state index in [1.54, 1.807) is 0 Å². The van der Waals surface area contributed by atoms with E-state index in [-0.39, 0.29) is 34.7 Å². The lowest BCUT2D eigenvalue weighted by molar-refractivity contribution is 0.0997. The zero-order valence-corrected chi connectivity index (χ0v) is 9.43. The van der Waals surface area contributed by atoms with Crippen molar-refractivity contribution in [1.29, 1.82) is 0 Å². The van der Waals surface area contributed by atoms with Crippen LogP contribution in [0.25, 0.3) is 0 Å². The molecule has 88 valence electrons. The molecule has 0 heterocycles. The van der Waals surface area contributed by atoms with Gasteiger partial charge in [-0.3, -0.25) is 4.79 Å². The molecule has 0 saturated carbocycles. The van der Waals surface area contributed by atoms with Crippen LogP contribution < -0.4 is 10.5 Å². The summed E-state index contributed by atoms with van der Waals surface area (Å²) in [5.74, 6) is -1.46. The number of rotatable bonds is 3. The second-order valence-corrected chi connectivity index (χ2v) is 3.45. The highest BCUT2D eigenvalue weighted by atomic mass is 19.1. The van der Waals surface area contributed by atoms with Gasteiger partial charge < -0.3 is 15.6 Å². The third kappa shape index (κ3) is 1.74. The molecule has 4 nitrogen and oxygen atoms in total. The van der Waals surface area contributed by atoms with Gasteiger partial charge in [0.25, 0.3) is 0 Å². The number of carbonyl (C=O) groups is 1. The van der Waals surface area contributed by atoms with Crippen LogP contribution in [0.5, 0.6) is 11.5 Å². The Hall–Kier alpha value is -1.62. The molecule has 0 aliphatic carbocycles. The molecule has 0 unspecified atom stereocenters. The minimum absolute atomic E-state index is 0.0279. The zero-order valence-electron chi connectivity index (χ0n) is 9.43. The van der Waals surface area contributed by atoms with Gasteiger partial charge in [-0.25, -0.2) is 4.39 Å². The standard InChI is InChI=1S/C11H14FNO3/c1-5-8(7(14)4-13)10(15)11(16-3)6(2)9(5)12/h15H,4,13H2,1-3H3. The molecule has 0 aliphatic heterocycles. The number of benzene rings is 1. The average molecular weight is 227 g/mol. The summed E-state index contributed by atoms with van der Waals surface area (Å²) >= 11 is 0. The first-order valence-corrected chi connectivity index (χ1v) is 4.74. The van der Waals surface area contributed by atoms with E-state index in [0.29, 0.717) is 0 Å². The van der Waals surface area contributed by atoms with Crippen molar-refractivity contribution in [2.45, 2.75) is 13.8 Å². The summed E-state index contributed by atoms with van der Waals surface area (Å²) in [6.07, 6.45) is 0. The lowest BCUT2D eigenvalue weighted by Gasteiger charge is -2.14. The third-order valence-electron chi connectivity index (χ3n) is 2.49. The molecular weight excluding hydrogens is 213 g/mol. The Kier molecular flexibility index (Phi) is 3.49. The smallest absolute Gasteiger partial charge is 0.180 e. The molecular formula is C11H14FNO3. The summed E-state index contributed by atoms with van der Waals surface area (Å²) in [4.78, 5) is 11.5. The normalized spacial score (nSPS) is 10.3. The van der Waals surface area contributed by atoms with Crippen LogP contribution in [0.2, 0.25) is 0 Å². The molecule has 0 spiro atoms. The number of phenols is 1. The number of carbonyl (C=O) groups excluding carboxylic acids is 1. The van der Waals surface area contributed by atoms with Crippen molar-refractivity contribution in [2.24, 2.45) is 5.73 Å². The molecule has 0 radical (unpaired) electrons. The fraction of sp³-hybridized carbons (Fsp3) is 0.364. The van der Waals surface area contributed by atoms with Crippen LogP contribution in [-0.4, -0.2) is 24.5 Å². The number of nitrogens with two attached hydrogens (primary N) is 1. The second-order valence-electron chi connectivity index (χ2n) is 3.45. The van der Waals surface area contributed by atoms with Crippen LogP contribution >= 0.6 is 0 Å². The van der Waals surface area contributed by atoms with Gasteiger partial charge in [-0.15, -0.1) is 0 Å². The van der Waals surface area contributed by atoms with Crippen molar-refractivity contribution in [3.63, 3.8) is 0 Å². The van der Waals surface area contributed by atoms with Crippen LogP contribution in [0.3, 0.4) is 0 Å². The first kappa shape index (κ1) is 12.4. The summed E-state index contributed by atoms with van der Waals surface area (Å²) in [5.41, 5.74) is 5.35. The molecule has 1 aromatic rings. The topological polar surface area (TPSA) is 72.5 Å². The predicted octanol–water partition coefficient (Wildman–Crippen LogP) is 1.30. The number of aromatic hydroxyl groups is 1. The Morgan fingerprint density at radius 3 is 2.44 bits per heavy atom. The van der Waals surface area contributed by atoms with E-state index in [1.165, 1.54) is 21.0 Å². The van der Waals surface area contributed by atoms with Gasteiger partial charge in [-0.05, 0) is 19.4 Å². The maximum Gasteiger partial charge on any atom is 0.180 e. The van der Waals surface area contributed by atoms with Crippen LogP contribution in [0.15, 0.2) is 0 Å². The molecule has 0 aliphatic rings. The molecule has 16 heavy (non-hydrogen) atoms. The first-order valence-electron chi connectivity index (χ1n) is 4.74. The highest BCUT2D eigenvalue weighted by Gasteiger charge is 2.23. The van der Waals surface area contributed by atoms with E-state index < -0.39 is 11.6 Å². The van der Waals surface area contributed by atoms with Crippen molar-refractivity contribution in [3.8, 4) is 11.5 Å². The molecule has 5 heteroatoms. The van der Waals surface area contributed by atoms with Gasteiger partial charge in [0.1, 0.15) is 5.82 Å². The molecule has 1 rings (SSSR count). The lowest BCUT2D eigenvalue weighted by atomic mass is 9.98. The molecule has 0 saturated heterocycles. The van der Waals surface area contributed by atoms with E-state index in [9.17, 15) is 14.3 Å². The predicted molar refractivity (Wildman–Crippen MR) is 57.5 cm³/mol. The maximum absolute atomic E-state index is 13.7. The molecule has 1 aromatic carbocycles. The highest BCUT2D eigenvalue weighted by molar-refractivity contribution is 6.02. The van der Waals surface area contributed by atoms with Crippen molar-refractivity contribution >= 4 is 5.78 Å². The summed E-state index contributed by atoms with van der Waals surface area (Å²) < 4.78 is 18.6. The number of Topliss-reactive ketones (excluding diaryl/α,β-unsaturated/α-hetero) is 1. The second kappa shape index (κ2) is 4.49. The summed E-state index contributed by atoms with van der Waals surface area (Å²) in [7, 11) is 1.30. The minimum Gasteiger partial charge on any atom is -0.504 e. The van der Waals surface area contributed by atoms with E-state index in [4.69, 9.17) is 10.5 Å². The molecule has 0 aromatic heterocycles. The van der Waals surface area contributed by atoms with E-state index in [2.05, 4.69) is 0 Å². The number of phenolic OH excluding ortho intramolecular Hbond substituents is 1. The number of hydrogen-bond acceptors (Lipinski definition) is 4. The van der Waals surface area contributed by atoms with Crippen molar-refractivity contribution in [3.05, 3.63) is 22.5 Å². The summed E-state index contributed by atoms with van der Waals surface area (Å²) in [5, 5.41) is 9.81. The van der Waals surface area contributed by atoms with Crippen LogP contribution in [0.1, 0.15) is 21.5 Å². The minimum atomic E-state index is -0.563. The Balaban J connectivity index is 3.62. The van der Waals surface area contributed by atoms with Gasteiger partial charge >= 0.3 is 0 Å². The number of hydrogen-bond donors (Lipinski definition) is 2. The molecule has 0 amide bonds. The quantitative estimate of drug-likeness (QED) is 0.763. The van der Waals surface area contributed by atoms with Crippen LogP contribution in [0, 0.1) is 19.7 Å². The first-order chi connectivity index (χ1) is 7.45. The molecule has 0 bridgehead atoms. The van der Waals surface area contributed by atoms with Gasteiger partial charge in [0, 0.05) is 5.56 Å². The Labute approximate surface area is 92.8 Å². The number of methoxy groups -OCH3 is 1. The Morgan fingerprint density at radius 2 is 2.00 bits per heavy atom. The van der Waals surface area contributed by atoms with Crippen LogP contribution in [0.4, 0.5) is 4.39 Å². The van der Waals surface area contributed by atoms with Crippen molar-refractivity contribution < 1.29 is 19.0 Å². The van der Waals surface area contributed by atoms with E-state index in [0.717, 1.165) is 0 Å². The molecule has 0 atom stereocenters. The van der Waals surface area contributed by atoms with Crippen LogP contribution in [-0.2, 0) is 0 Å². The zero-order chi connectivity index (χ0) is 12.5. The fourth-order valence-electron chi connectivity index (χ4n) is 1.65. The van der Waals surface area contributed by atoms with Gasteiger partial charge in [-0.2, -0.15) is 0 Å². The monoisotopic (exact) mass is 227 g/mol. The largest absolute Gasteiger partial charge is 0.504 e. The Bertz CT molecular complexity index is 444. The van der Waals surface area contributed by atoms with Gasteiger partial charge in [-0.1, -0.05) is 0 Å². The third-order valence-corrected chi connectivity index (χ3v) is 2.49. The number of ketones is 1. The highest BCUT2D eigenvalue weighted by Crippen LogP contribution is 2.37. The fourth-order valence-corrected chi connectivity index (χ4v) is 1.65. The van der Waals surface area contributed by atoms with Gasteiger partial charge in [0.05, 0.1) is 19.2 Å². The Morgan fingerprint density at radius 1 is 1.44 bits per heavy atom. The summed E-state index contributed by atoms with van der Waals surface area (Å²) in [6, 6.07) is 0. The summed E-state index contributed by atoms with van der Waals surface area (Å²) in [6.45, 7) is 2.60. The van der Waals surface area contributed by atoms with E-state index in [1.807, 2.05) is 0 Å². The number of ether oxygens (including phenoxy) is 1. The number of halogens is 1. The van der Waals surface area contributed by atoms with Gasteiger partial charge in [0.2, 0.25) is 0 Å². The SMILES string of the molecule is COc1c(C)c(F)c(C)c(C(=O)CN)c1O. The average Bonchev–Trinajstić information content (AvgIpc) is 2.27. The molecule has 0 fully saturated rings. The van der Waals surface area contributed by atoms with Gasteiger partial charge in [0.15, 0.2) is 17.3 Å². The lowest BCUT2D eigenvalue weighted by Crippen LogP contribution is -2.16. The van der Waals surface area contributed by atoms with E-state index >= 15 is 0 Å². The van der Waals surface area contributed by atoms with Crippen molar-refractivity contribution in [2.75, 3.05) is 13.7 Å². The maximum atomic E-state index is 13.7.